The minimum atomic E-state index is -1.28. The third-order valence-corrected chi connectivity index (χ3v) is 4.96. The fraction of sp³-hybridized carbons (Fsp3) is 0.773. The molecule has 11 heteroatoms. The first kappa shape index (κ1) is 30.3. The van der Waals surface area contributed by atoms with Crippen LogP contribution in [-0.2, 0) is 24.0 Å². The van der Waals surface area contributed by atoms with Crippen LogP contribution in [0.1, 0.15) is 67.2 Å². The number of amides is 3. The van der Waals surface area contributed by atoms with Gasteiger partial charge in [0.1, 0.15) is 18.1 Å². The summed E-state index contributed by atoms with van der Waals surface area (Å²) in [5.74, 6) is -4.54. The summed E-state index contributed by atoms with van der Waals surface area (Å²) in [7, 11) is 0. The van der Waals surface area contributed by atoms with Crippen molar-refractivity contribution < 1.29 is 34.2 Å². The highest BCUT2D eigenvalue weighted by molar-refractivity contribution is 5.94. The van der Waals surface area contributed by atoms with Crippen LogP contribution in [0, 0.1) is 17.8 Å². The maximum absolute atomic E-state index is 13.0. The summed E-state index contributed by atoms with van der Waals surface area (Å²) in [6, 6.07) is -4.29. The summed E-state index contributed by atoms with van der Waals surface area (Å²) >= 11 is 0. The summed E-state index contributed by atoms with van der Waals surface area (Å²) in [4.78, 5) is 60.7. The van der Waals surface area contributed by atoms with Crippen molar-refractivity contribution in [2.45, 2.75) is 91.4 Å². The number of hydrogen-bond donors (Lipinski definition) is 6. The van der Waals surface area contributed by atoms with E-state index in [9.17, 15) is 29.1 Å². The minimum absolute atomic E-state index is 0.0186. The monoisotopic (exact) mass is 472 g/mol. The molecular formula is C22H40N4O7. The Bertz CT molecular complexity index is 694. The predicted octanol–water partition coefficient (Wildman–Crippen LogP) is 0.466. The van der Waals surface area contributed by atoms with E-state index < -0.39 is 60.2 Å². The fourth-order valence-electron chi connectivity index (χ4n) is 3.05. The molecule has 33 heavy (non-hydrogen) atoms. The molecule has 0 saturated heterocycles. The maximum atomic E-state index is 13.0. The standard InChI is InChI=1S/C22H40N4O7/c1-11(2)9-15(25-21(31)18(23)13(5)6)20(30)24-14(7-8-17(27)28)19(29)26-16(22(32)33)10-12(3)4/h11-16,18H,7-10,23H2,1-6H3,(H,24,30)(H,25,31)(H,26,29)(H,27,28)(H,32,33). The summed E-state index contributed by atoms with van der Waals surface area (Å²) in [5.41, 5.74) is 5.86. The van der Waals surface area contributed by atoms with Crippen LogP contribution < -0.4 is 21.7 Å². The first-order valence-corrected chi connectivity index (χ1v) is 11.3. The van der Waals surface area contributed by atoms with Crippen LogP contribution in [0.25, 0.3) is 0 Å². The quantitative estimate of drug-likeness (QED) is 0.198. The second-order valence-electron chi connectivity index (χ2n) is 9.48. The lowest BCUT2D eigenvalue weighted by atomic mass is 9.99. The average Bonchev–Trinajstić information content (AvgIpc) is 2.67. The molecule has 3 amide bonds. The van der Waals surface area contributed by atoms with E-state index in [0.717, 1.165) is 0 Å². The predicted molar refractivity (Wildman–Crippen MR) is 122 cm³/mol. The largest absolute Gasteiger partial charge is 0.481 e. The molecule has 0 radical (unpaired) electrons. The topological polar surface area (TPSA) is 188 Å². The molecule has 4 unspecified atom stereocenters. The molecule has 11 nitrogen and oxygen atoms in total. The molecule has 0 saturated carbocycles. The molecule has 0 rings (SSSR count). The van der Waals surface area contributed by atoms with Crippen LogP contribution in [0.3, 0.4) is 0 Å². The molecule has 0 spiro atoms. The van der Waals surface area contributed by atoms with E-state index >= 15 is 0 Å². The SMILES string of the molecule is CC(C)CC(NC(=O)C(CCC(=O)O)NC(=O)C(CC(C)C)NC(=O)C(N)C(C)C)C(=O)O. The van der Waals surface area contributed by atoms with Gasteiger partial charge in [0, 0.05) is 6.42 Å². The zero-order valence-corrected chi connectivity index (χ0v) is 20.4. The van der Waals surface area contributed by atoms with Gasteiger partial charge in [0.25, 0.3) is 0 Å². The number of carboxylic acid groups (broad SMARTS) is 2. The van der Waals surface area contributed by atoms with Crippen LogP contribution in [-0.4, -0.2) is 64.0 Å². The lowest BCUT2D eigenvalue weighted by Gasteiger charge is -2.26. The summed E-state index contributed by atoms with van der Waals surface area (Å²) in [6.45, 7) is 10.8. The van der Waals surface area contributed by atoms with Gasteiger partial charge in [0.15, 0.2) is 0 Å². The van der Waals surface area contributed by atoms with Crippen molar-refractivity contribution in [3.63, 3.8) is 0 Å². The van der Waals surface area contributed by atoms with Crippen LogP contribution >= 0.6 is 0 Å². The van der Waals surface area contributed by atoms with Crippen molar-refractivity contribution in [3.8, 4) is 0 Å². The normalized spacial score (nSPS) is 15.0. The first-order valence-electron chi connectivity index (χ1n) is 11.3. The lowest BCUT2D eigenvalue weighted by molar-refractivity contribution is -0.143. The highest BCUT2D eigenvalue weighted by atomic mass is 16.4. The molecule has 0 aromatic rings. The van der Waals surface area contributed by atoms with Crippen molar-refractivity contribution in [1.82, 2.24) is 16.0 Å². The Morgan fingerprint density at radius 1 is 0.697 bits per heavy atom. The first-order chi connectivity index (χ1) is 15.1. The Kier molecular flexibility index (Phi) is 13.3. The van der Waals surface area contributed by atoms with Gasteiger partial charge in [0.05, 0.1) is 6.04 Å². The van der Waals surface area contributed by atoms with Gasteiger partial charge in [-0.3, -0.25) is 19.2 Å². The lowest BCUT2D eigenvalue weighted by Crippen LogP contribution is -2.57. The number of carboxylic acids is 2. The van der Waals surface area contributed by atoms with Crippen molar-refractivity contribution in [1.29, 1.82) is 0 Å². The molecule has 0 aliphatic carbocycles. The Morgan fingerprint density at radius 2 is 1.12 bits per heavy atom. The fourth-order valence-corrected chi connectivity index (χ4v) is 3.05. The molecule has 0 aromatic heterocycles. The molecule has 7 N–H and O–H groups in total. The number of aliphatic carboxylic acids is 2. The van der Waals surface area contributed by atoms with Gasteiger partial charge in [-0.1, -0.05) is 41.5 Å². The molecular weight excluding hydrogens is 432 g/mol. The third-order valence-electron chi connectivity index (χ3n) is 4.96. The second-order valence-corrected chi connectivity index (χ2v) is 9.48. The molecule has 0 aromatic carbocycles. The van der Waals surface area contributed by atoms with Crippen molar-refractivity contribution >= 4 is 29.7 Å². The Morgan fingerprint density at radius 3 is 1.55 bits per heavy atom. The van der Waals surface area contributed by atoms with Gasteiger partial charge >= 0.3 is 11.9 Å². The molecule has 4 atom stereocenters. The highest BCUT2D eigenvalue weighted by Gasteiger charge is 2.31. The van der Waals surface area contributed by atoms with Crippen molar-refractivity contribution in [2.24, 2.45) is 23.5 Å². The van der Waals surface area contributed by atoms with E-state index in [1.54, 1.807) is 27.7 Å². The molecule has 0 aliphatic rings. The van der Waals surface area contributed by atoms with Crippen LogP contribution in [0.2, 0.25) is 0 Å². The summed E-state index contributed by atoms with van der Waals surface area (Å²) in [6.07, 6.45) is -0.227. The average molecular weight is 473 g/mol. The van der Waals surface area contributed by atoms with Gasteiger partial charge in [-0.15, -0.1) is 0 Å². The Labute approximate surface area is 195 Å². The number of nitrogens with two attached hydrogens (primary N) is 1. The van der Waals surface area contributed by atoms with Gasteiger partial charge in [-0.2, -0.15) is 0 Å². The van der Waals surface area contributed by atoms with E-state index in [1.165, 1.54) is 0 Å². The number of nitrogens with one attached hydrogen (secondary N) is 3. The van der Waals surface area contributed by atoms with Crippen molar-refractivity contribution in [2.75, 3.05) is 0 Å². The Hall–Kier alpha value is -2.69. The minimum Gasteiger partial charge on any atom is -0.481 e. The van der Waals surface area contributed by atoms with Gasteiger partial charge < -0.3 is 31.9 Å². The van der Waals surface area contributed by atoms with E-state index in [2.05, 4.69) is 16.0 Å². The van der Waals surface area contributed by atoms with Gasteiger partial charge in [-0.05, 0) is 37.0 Å². The van der Waals surface area contributed by atoms with E-state index in [-0.39, 0.29) is 37.0 Å². The van der Waals surface area contributed by atoms with Crippen LogP contribution in [0.5, 0.6) is 0 Å². The van der Waals surface area contributed by atoms with E-state index in [4.69, 9.17) is 10.8 Å². The smallest absolute Gasteiger partial charge is 0.326 e. The molecule has 0 aliphatic heterocycles. The van der Waals surface area contributed by atoms with Crippen molar-refractivity contribution in [3.05, 3.63) is 0 Å². The second kappa shape index (κ2) is 14.5. The highest BCUT2D eigenvalue weighted by Crippen LogP contribution is 2.10. The zero-order valence-electron chi connectivity index (χ0n) is 20.4. The summed E-state index contributed by atoms with van der Waals surface area (Å²) in [5, 5.41) is 25.9. The molecule has 0 heterocycles. The van der Waals surface area contributed by atoms with E-state index in [1.807, 2.05) is 13.8 Å². The third kappa shape index (κ3) is 12.2. The number of carbonyl (C=O) groups excluding carboxylic acids is 3. The van der Waals surface area contributed by atoms with Gasteiger partial charge in [0.2, 0.25) is 17.7 Å². The van der Waals surface area contributed by atoms with E-state index in [0.29, 0.717) is 0 Å². The number of carbonyl (C=O) groups is 5. The zero-order chi connectivity index (χ0) is 25.9. The molecule has 0 bridgehead atoms. The number of rotatable bonds is 15. The molecule has 190 valence electrons. The number of hydrogen-bond acceptors (Lipinski definition) is 6. The Balaban J connectivity index is 5.59. The molecule has 0 fully saturated rings. The summed E-state index contributed by atoms with van der Waals surface area (Å²) < 4.78 is 0. The van der Waals surface area contributed by atoms with Crippen LogP contribution in [0.4, 0.5) is 0 Å². The van der Waals surface area contributed by atoms with Crippen LogP contribution in [0.15, 0.2) is 0 Å². The maximum Gasteiger partial charge on any atom is 0.326 e. The van der Waals surface area contributed by atoms with Gasteiger partial charge in [-0.25, -0.2) is 4.79 Å².